The fraction of sp³-hybridized carbons (Fsp3) is 0.222. The molecule has 0 spiro atoms. The van der Waals surface area contributed by atoms with Crippen LogP contribution in [0.5, 0.6) is 0 Å². The summed E-state index contributed by atoms with van der Waals surface area (Å²) >= 11 is 5.36. The largest absolute Gasteiger partial charge is 0.417 e. The summed E-state index contributed by atoms with van der Waals surface area (Å²) in [7, 11) is 0. The smallest absolute Gasteiger partial charge is 0.294 e. The maximum absolute atomic E-state index is 12.6. The summed E-state index contributed by atoms with van der Waals surface area (Å²) in [5, 5.41) is 10.1. The van der Waals surface area contributed by atoms with Gasteiger partial charge in [0.2, 0.25) is 0 Å². The number of nitro benzene ring substituents is 1. The molecule has 0 radical (unpaired) electrons. The van der Waals surface area contributed by atoms with Crippen molar-refractivity contribution in [1.82, 2.24) is 0 Å². The van der Waals surface area contributed by atoms with Gasteiger partial charge in [-0.15, -0.1) is 0 Å². The van der Waals surface area contributed by atoms with Gasteiger partial charge in [-0.3, -0.25) is 14.9 Å². The summed E-state index contributed by atoms with van der Waals surface area (Å²) in [6, 6.07) is 1.21. The number of hydrogen-bond acceptors (Lipinski definition) is 3. The van der Waals surface area contributed by atoms with Crippen LogP contribution >= 0.6 is 11.6 Å². The Kier molecular flexibility index (Phi) is 3.42. The maximum Gasteiger partial charge on any atom is 0.417 e. The average Bonchev–Trinajstić information content (AvgIpc) is 2.14. The van der Waals surface area contributed by atoms with Crippen LogP contribution in [-0.2, 0) is 6.18 Å². The Morgan fingerprint density at radius 3 is 2.29 bits per heavy atom. The highest BCUT2D eigenvalue weighted by molar-refractivity contribution is 6.31. The lowest BCUT2D eigenvalue weighted by molar-refractivity contribution is -0.385. The van der Waals surface area contributed by atoms with Gasteiger partial charge in [-0.25, -0.2) is 0 Å². The first-order valence-electron chi connectivity index (χ1n) is 4.20. The molecule has 1 aromatic carbocycles. The Hall–Kier alpha value is -1.63. The summed E-state index contributed by atoms with van der Waals surface area (Å²) in [4.78, 5) is 20.6. The molecule has 1 rings (SSSR count). The number of alkyl halides is 3. The van der Waals surface area contributed by atoms with Crippen LogP contribution in [0.2, 0.25) is 5.02 Å². The van der Waals surface area contributed by atoms with E-state index in [1.807, 2.05) is 0 Å². The molecule has 4 nitrogen and oxygen atoms in total. The first-order valence-corrected chi connectivity index (χ1v) is 4.58. The number of benzene rings is 1. The fourth-order valence-electron chi connectivity index (χ4n) is 1.33. The molecule has 1 aromatic rings. The molecule has 0 aliphatic rings. The Morgan fingerprint density at radius 2 is 1.94 bits per heavy atom. The maximum atomic E-state index is 12.6. The molecule has 0 N–H and O–H groups in total. The van der Waals surface area contributed by atoms with Crippen molar-refractivity contribution >= 4 is 23.1 Å². The molecule has 8 heteroatoms. The van der Waals surface area contributed by atoms with Crippen LogP contribution in [0, 0.1) is 10.1 Å². The number of ketones is 1. The zero-order chi connectivity index (χ0) is 13.4. The monoisotopic (exact) mass is 267 g/mol. The summed E-state index contributed by atoms with van der Waals surface area (Å²) in [5.74, 6) is -1.04. The molecule has 92 valence electrons. The van der Waals surface area contributed by atoms with Crippen LogP contribution in [0.3, 0.4) is 0 Å². The molecule has 0 bridgehead atoms. The van der Waals surface area contributed by atoms with Gasteiger partial charge in [0.15, 0.2) is 5.78 Å². The number of carbonyl (C=O) groups excluding carboxylic acids is 1. The zero-order valence-corrected chi connectivity index (χ0v) is 9.09. The highest BCUT2D eigenvalue weighted by atomic mass is 35.5. The number of nitro groups is 1. The van der Waals surface area contributed by atoms with Crippen molar-refractivity contribution in [3.63, 3.8) is 0 Å². The predicted molar refractivity (Wildman–Crippen MR) is 53.1 cm³/mol. The fourth-order valence-corrected chi connectivity index (χ4v) is 1.54. The molecule has 0 saturated carbocycles. The minimum atomic E-state index is -4.88. The van der Waals surface area contributed by atoms with Crippen LogP contribution in [0.25, 0.3) is 0 Å². The third-order valence-electron chi connectivity index (χ3n) is 1.94. The van der Waals surface area contributed by atoms with E-state index in [1.165, 1.54) is 0 Å². The second-order valence-electron chi connectivity index (χ2n) is 3.16. The van der Waals surface area contributed by atoms with Crippen LogP contribution < -0.4 is 0 Å². The van der Waals surface area contributed by atoms with E-state index in [4.69, 9.17) is 11.6 Å². The van der Waals surface area contributed by atoms with E-state index in [0.717, 1.165) is 6.92 Å². The van der Waals surface area contributed by atoms with Gasteiger partial charge in [-0.1, -0.05) is 11.6 Å². The molecular weight excluding hydrogens is 263 g/mol. The van der Waals surface area contributed by atoms with Crippen LogP contribution in [0.15, 0.2) is 12.1 Å². The van der Waals surface area contributed by atoms with E-state index in [1.54, 1.807) is 0 Å². The van der Waals surface area contributed by atoms with E-state index in [2.05, 4.69) is 0 Å². The highest BCUT2D eigenvalue weighted by Gasteiger charge is 2.38. The van der Waals surface area contributed by atoms with Gasteiger partial charge in [-0.2, -0.15) is 13.2 Å². The number of hydrogen-bond donors (Lipinski definition) is 0. The molecule has 0 fully saturated rings. The molecule has 0 aliphatic heterocycles. The Labute approximate surface area is 98.1 Å². The molecule has 0 amide bonds. The third kappa shape index (κ3) is 2.73. The van der Waals surface area contributed by atoms with E-state index in [9.17, 15) is 28.1 Å². The van der Waals surface area contributed by atoms with E-state index in [0.29, 0.717) is 12.1 Å². The first-order chi connectivity index (χ1) is 7.64. The molecular formula is C9H5ClF3NO3. The topological polar surface area (TPSA) is 60.2 Å². The van der Waals surface area contributed by atoms with Gasteiger partial charge < -0.3 is 0 Å². The van der Waals surface area contributed by atoms with Crippen LogP contribution in [0.4, 0.5) is 18.9 Å². The van der Waals surface area contributed by atoms with Gasteiger partial charge in [-0.05, 0) is 13.0 Å². The van der Waals surface area contributed by atoms with Crippen LogP contribution in [-0.4, -0.2) is 10.7 Å². The minimum Gasteiger partial charge on any atom is -0.294 e. The van der Waals surface area contributed by atoms with Gasteiger partial charge in [0.25, 0.3) is 5.69 Å². The molecule has 0 atom stereocenters. The molecule has 17 heavy (non-hydrogen) atoms. The lowest BCUT2D eigenvalue weighted by atomic mass is 10.0. The minimum absolute atomic E-state index is 0.450. The molecule has 0 aromatic heterocycles. The Morgan fingerprint density at radius 1 is 1.41 bits per heavy atom. The first kappa shape index (κ1) is 13.4. The van der Waals surface area contributed by atoms with Crippen molar-refractivity contribution in [2.24, 2.45) is 0 Å². The number of halogens is 4. The van der Waals surface area contributed by atoms with E-state index < -0.39 is 38.7 Å². The standard InChI is InChI=1S/C9H5ClF3NO3/c1-4(15)8-6(9(11,12)13)2-5(10)3-7(8)14(16)17/h2-3H,1H3. The predicted octanol–water partition coefficient (Wildman–Crippen LogP) is 3.47. The highest BCUT2D eigenvalue weighted by Crippen LogP contribution is 2.38. The van der Waals surface area contributed by atoms with Gasteiger partial charge in [0, 0.05) is 11.1 Å². The second-order valence-corrected chi connectivity index (χ2v) is 3.59. The number of rotatable bonds is 2. The molecule has 0 unspecified atom stereocenters. The number of carbonyl (C=O) groups is 1. The second kappa shape index (κ2) is 4.33. The summed E-state index contributed by atoms with van der Waals surface area (Å²) < 4.78 is 37.8. The Bertz CT molecular complexity index is 499. The average molecular weight is 268 g/mol. The SMILES string of the molecule is CC(=O)c1c([N+](=O)[O-])cc(Cl)cc1C(F)(F)F. The normalized spacial score (nSPS) is 11.4. The summed E-state index contributed by atoms with van der Waals surface area (Å²) in [6.07, 6.45) is -4.88. The van der Waals surface area contributed by atoms with Crippen molar-refractivity contribution in [2.45, 2.75) is 13.1 Å². The van der Waals surface area contributed by atoms with Gasteiger partial charge >= 0.3 is 6.18 Å². The van der Waals surface area contributed by atoms with Gasteiger partial charge in [0.1, 0.15) is 5.56 Å². The van der Waals surface area contributed by atoms with Crippen molar-refractivity contribution in [3.8, 4) is 0 Å². The lowest BCUT2D eigenvalue weighted by Crippen LogP contribution is -2.14. The quantitative estimate of drug-likeness (QED) is 0.468. The van der Waals surface area contributed by atoms with Crippen molar-refractivity contribution in [2.75, 3.05) is 0 Å². The number of nitrogens with zero attached hydrogens (tertiary/aromatic N) is 1. The van der Waals surface area contributed by atoms with Gasteiger partial charge in [0.05, 0.1) is 10.5 Å². The van der Waals surface area contributed by atoms with Crippen molar-refractivity contribution in [1.29, 1.82) is 0 Å². The number of Topliss-reactive ketones (excluding diaryl/α,β-unsaturated/α-hetero) is 1. The summed E-state index contributed by atoms with van der Waals surface area (Å²) in [6.45, 7) is 0.825. The van der Waals surface area contributed by atoms with Crippen molar-refractivity contribution < 1.29 is 22.9 Å². The zero-order valence-electron chi connectivity index (χ0n) is 8.34. The van der Waals surface area contributed by atoms with E-state index in [-0.39, 0.29) is 0 Å². The van der Waals surface area contributed by atoms with E-state index >= 15 is 0 Å². The van der Waals surface area contributed by atoms with Crippen LogP contribution in [0.1, 0.15) is 22.8 Å². The van der Waals surface area contributed by atoms with Crippen molar-refractivity contribution in [3.05, 3.63) is 38.4 Å². The third-order valence-corrected chi connectivity index (χ3v) is 2.15. The molecule has 0 aliphatic carbocycles. The molecule has 0 heterocycles. The lowest BCUT2D eigenvalue weighted by Gasteiger charge is -2.11. The molecule has 0 saturated heterocycles. The summed E-state index contributed by atoms with van der Waals surface area (Å²) in [5.41, 5.74) is -3.33. The Balaban J connectivity index is 3.70.